The third-order valence-electron chi connectivity index (χ3n) is 5.20. The van der Waals surface area contributed by atoms with E-state index in [9.17, 15) is 9.59 Å². The van der Waals surface area contributed by atoms with Crippen molar-refractivity contribution in [2.45, 2.75) is 26.8 Å². The van der Waals surface area contributed by atoms with E-state index >= 15 is 4.39 Å². The van der Waals surface area contributed by atoms with E-state index in [0.29, 0.717) is 37.4 Å². The van der Waals surface area contributed by atoms with Gasteiger partial charge in [-0.05, 0) is 32.0 Å². The lowest BCUT2D eigenvalue weighted by molar-refractivity contribution is -0.130. The minimum atomic E-state index is -0.533. The molecule has 1 aromatic carbocycles. The van der Waals surface area contributed by atoms with E-state index < -0.39 is 11.8 Å². The Bertz CT molecular complexity index is 879. The number of carbonyl (C=O) groups excluding carboxylic acids is 2. The number of nitrogens with zero attached hydrogens (tertiary/aromatic N) is 3. The minimum absolute atomic E-state index is 0.0597. The number of nitrogens with one attached hydrogen (secondary N) is 2. The number of hydrogen-bond acceptors (Lipinski definition) is 4. The van der Waals surface area contributed by atoms with E-state index in [4.69, 9.17) is 0 Å². The first-order valence-corrected chi connectivity index (χ1v) is 9.64. The Morgan fingerprint density at radius 2 is 1.83 bits per heavy atom. The van der Waals surface area contributed by atoms with Gasteiger partial charge in [-0.1, -0.05) is 12.1 Å². The molecule has 3 rings (SSSR count). The van der Waals surface area contributed by atoms with Gasteiger partial charge in [-0.3, -0.25) is 14.7 Å². The van der Waals surface area contributed by atoms with Crippen LogP contribution in [0.25, 0.3) is 0 Å². The maximum atomic E-state index is 15.1. The van der Waals surface area contributed by atoms with E-state index in [1.165, 1.54) is 6.07 Å². The van der Waals surface area contributed by atoms with Gasteiger partial charge in [0, 0.05) is 50.4 Å². The smallest absolute Gasteiger partial charge is 0.323 e. The summed E-state index contributed by atoms with van der Waals surface area (Å²) in [5.74, 6) is -0.393. The molecule has 1 aliphatic rings. The summed E-state index contributed by atoms with van der Waals surface area (Å²) in [4.78, 5) is 31.8. The number of carbonyl (C=O) groups is 2. The van der Waals surface area contributed by atoms with Gasteiger partial charge in [0.15, 0.2) is 5.82 Å². The molecule has 154 valence electrons. The summed E-state index contributed by atoms with van der Waals surface area (Å²) in [5, 5.41) is 5.21. The quantitative estimate of drug-likeness (QED) is 0.826. The Morgan fingerprint density at radius 3 is 2.45 bits per heavy atom. The molecule has 1 saturated heterocycles. The number of aromatic nitrogens is 1. The highest BCUT2D eigenvalue weighted by Crippen LogP contribution is 2.28. The second kappa shape index (κ2) is 9.00. The van der Waals surface area contributed by atoms with Crippen molar-refractivity contribution in [1.29, 1.82) is 0 Å². The lowest BCUT2D eigenvalue weighted by Gasteiger charge is -2.38. The van der Waals surface area contributed by atoms with Gasteiger partial charge in [0.2, 0.25) is 5.91 Å². The van der Waals surface area contributed by atoms with Gasteiger partial charge in [0.25, 0.3) is 0 Å². The molecule has 2 aromatic rings. The normalized spacial score (nSPS) is 15.7. The van der Waals surface area contributed by atoms with Crippen LogP contribution in [-0.2, 0) is 4.79 Å². The minimum Gasteiger partial charge on any atom is -0.340 e. The van der Waals surface area contributed by atoms with Crippen LogP contribution in [0.4, 0.5) is 20.6 Å². The topological polar surface area (TPSA) is 77.6 Å². The summed E-state index contributed by atoms with van der Waals surface area (Å²) < 4.78 is 15.1. The molecule has 0 radical (unpaired) electrons. The third-order valence-corrected chi connectivity index (χ3v) is 5.20. The van der Waals surface area contributed by atoms with Crippen LogP contribution in [0.2, 0.25) is 0 Å². The summed E-state index contributed by atoms with van der Waals surface area (Å²) in [5.41, 5.74) is 2.00. The molecule has 1 unspecified atom stereocenters. The highest BCUT2D eigenvalue weighted by molar-refractivity contribution is 5.99. The predicted molar refractivity (Wildman–Crippen MR) is 110 cm³/mol. The zero-order chi connectivity index (χ0) is 21.0. The molecule has 7 nitrogen and oxygen atoms in total. The summed E-state index contributed by atoms with van der Waals surface area (Å²) in [6, 6.07) is 7.80. The number of aryl methyl sites for hydroxylation is 1. The Labute approximate surface area is 169 Å². The van der Waals surface area contributed by atoms with Gasteiger partial charge >= 0.3 is 6.03 Å². The summed E-state index contributed by atoms with van der Waals surface area (Å²) in [7, 11) is 0. The molecule has 29 heavy (non-hydrogen) atoms. The van der Waals surface area contributed by atoms with Crippen LogP contribution in [0.15, 0.2) is 36.5 Å². The van der Waals surface area contributed by atoms with E-state index in [1.807, 2.05) is 13.8 Å². The van der Waals surface area contributed by atoms with Crippen LogP contribution in [-0.4, -0.2) is 52.9 Å². The maximum absolute atomic E-state index is 15.1. The number of anilines is 2. The van der Waals surface area contributed by atoms with Crippen molar-refractivity contribution in [1.82, 2.24) is 14.8 Å². The SMILES string of the molecule is CC(=O)N1CCN(C(C)c2cccc(NC(=O)Nc3ccc(C)nc3)c2F)CC1. The lowest BCUT2D eigenvalue weighted by Crippen LogP contribution is -2.48. The first-order chi connectivity index (χ1) is 13.8. The molecule has 1 atom stereocenters. The van der Waals surface area contributed by atoms with Crippen molar-refractivity contribution in [3.8, 4) is 0 Å². The number of piperazine rings is 1. The fraction of sp³-hybridized carbons (Fsp3) is 0.381. The number of rotatable bonds is 4. The monoisotopic (exact) mass is 399 g/mol. The molecular weight excluding hydrogens is 373 g/mol. The first-order valence-electron chi connectivity index (χ1n) is 9.64. The van der Waals surface area contributed by atoms with Gasteiger partial charge in [-0.25, -0.2) is 9.18 Å². The Kier molecular flexibility index (Phi) is 6.43. The van der Waals surface area contributed by atoms with Crippen LogP contribution < -0.4 is 10.6 Å². The van der Waals surface area contributed by atoms with Crippen molar-refractivity contribution in [3.63, 3.8) is 0 Å². The predicted octanol–water partition coefficient (Wildman–Crippen LogP) is 3.40. The number of pyridine rings is 1. The van der Waals surface area contributed by atoms with Gasteiger partial charge in [-0.15, -0.1) is 0 Å². The highest BCUT2D eigenvalue weighted by atomic mass is 19.1. The standard InChI is InChI=1S/C21H26FN5O2/c1-14-7-8-17(13-23-14)24-21(29)25-19-6-4-5-18(20(19)22)15(2)26-9-11-27(12-10-26)16(3)28/h4-8,13,15H,9-12H2,1-3H3,(H2,24,25,29). The van der Waals surface area contributed by atoms with Crippen molar-refractivity contribution in [2.75, 3.05) is 36.8 Å². The Morgan fingerprint density at radius 1 is 1.10 bits per heavy atom. The van der Waals surface area contributed by atoms with E-state index in [1.54, 1.807) is 42.3 Å². The summed E-state index contributed by atoms with van der Waals surface area (Å²) >= 11 is 0. The zero-order valence-electron chi connectivity index (χ0n) is 16.9. The average molecular weight is 399 g/mol. The molecule has 3 amide bonds. The highest BCUT2D eigenvalue weighted by Gasteiger charge is 2.25. The maximum Gasteiger partial charge on any atom is 0.323 e. The van der Waals surface area contributed by atoms with E-state index in [2.05, 4.69) is 20.5 Å². The number of benzene rings is 1. The molecule has 2 heterocycles. The van der Waals surface area contributed by atoms with Crippen LogP contribution in [0.1, 0.15) is 31.1 Å². The van der Waals surface area contributed by atoms with E-state index in [0.717, 1.165) is 5.69 Å². The van der Waals surface area contributed by atoms with Crippen molar-refractivity contribution >= 4 is 23.3 Å². The van der Waals surface area contributed by atoms with E-state index in [-0.39, 0.29) is 17.6 Å². The lowest BCUT2D eigenvalue weighted by atomic mass is 10.0. The number of halogens is 1. The molecule has 1 fully saturated rings. The molecule has 8 heteroatoms. The molecule has 1 aliphatic heterocycles. The Balaban J connectivity index is 1.66. The largest absolute Gasteiger partial charge is 0.340 e. The Hall–Kier alpha value is -3.00. The van der Waals surface area contributed by atoms with Crippen molar-refractivity contribution < 1.29 is 14.0 Å². The fourth-order valence-electron chi connectivity index (χ4n) is 3.42. The van der Waals surface area contributed by atoms with Gasteiger partial charge < -0.3 is 15.5 Å². The fourth-order valence-corrected chi connectivity index (χ4v) is 3.42. The van der Waals surface area contributed by atoms with Crippen LogP contribution in [0.3, 0.4) is 0 Å². The van der Waals surface area contributed by atoms with Crippen LogP contribution in [0, 0.1) is 12.7 Å². The molecular formula is C21H26FN5O2. The number of urea groups is 1. The van der Waals surface area contributed by atoms with Crippen molar-refractivity contribution in [2.24, 2.45) is 0 Å². The second-order valence-electron chi connectivity index (χ2n) is 7.19. The van der Waals surface area contributed by atoms with Gasteiger partial charge in [0.1, 0.15) is 0 Å². The number of amides is 3. The third kappa shape index (κ3) is 5.08. The molecule has 0 spiro atoms. The zero-order valence-corrected chi connectivity index (χ0v) is 16.9. The molecule has 2 N–H and O–H groups in total. The van der Waals surface area contributed by atoms with Gasteiger partial charge in [-0.2, -0.15) is 0 Å². The van der Waals surface area contributed by atoms with Crippen LogP contribution in [0.5, 0.6) is 0 Å². The summed E-state index contributed by atoms with van der Waals surface area (Å²) in [6.45, 7) is 7.97. The molecule has 1 aromatic heterocycles. The summed E-state index contributed by atoms with van der Waals surface area (Å²) in [6.07, 6.45) is 1.55. The molecule has 0 aliphatic carbocycles. The second-order valence-corrected chi connectivity index (χ2v) is 7.19. The van der Waals surface area contributed by atoms with Gasteiger partial charge in [0.05, 0.1) is 17.6 Å². The van der Waals surface area contributed by atoms with Crippen molar-refractivity contribution in [3.05, 3.63) is 53.6 Å². The number of hydrogen-bond donors (Lipinski definition) is 2. The molecule has 0 bridgehead atoms. The van der Waals surface area contributed by atoms with Crippen LogP contribution >= 0.6 is 0 Å². The average Bonchev–Trinajstić information content (AvgIpc) is 2.71. The first kappa shape index (κ1) is 20.7. The molecule has 0 saturated carbocycles.